The monoisotopic (exact) mass is 371 g/mol. The number of piperidine rings is 1. The largest absolute Gasteiger partial charge is 0.493 e. The van der Waals surface area contributed by atoms with Crippen LogP contribution in [0.25, 0.3) is 16.7 Å². The van der Waals surface area contributed by atoms with E-state index in [1.807, 2.05) is 4.90 Å². The van der Waals surface area contributed by atoms with Crippen molar-refractivity contribution in [2.24, 2.45) is 0 Å². The highest BCUT2D eigenvalue weighted by Crippen LogP contribution is 2.32. The lowest BCUT2D eigenvalue weighted by Crippen LogP contribution is -2.37. The van der Waals surface area contributed by atoms with Crippen molar-refractivity contribution in [3.63, 3.8) is 0 Å². The van der Waals surface area contributed by atoms with Gasteiger partial charge in [-0.15, -0.1) is 0 Å². The Kier molecular flexibility index (Phi) is 4.46. The summed E-state index contributed by atoms with van der Waals surface area (Å²) in [6.45, 7) is 1.54. The van der Waals surface area contributed by atoms with Crippen molar-refractivity contribution in [2.45, 2.75) is 25.7 Å². The Morgan fingerprint density at radius 3 is 2.58 bits per heavy atom. The Labute approximate surface area is 155 Å². The molecule has 8 heteroatoms. The van der Waals surface area contributed by atoms with Gasteiger partial charge in [0.25, 0.3) is 0 Å². The molecule has 1 saturated heterocycles. The summed E-state index contributed by atoms with van der Waals surface area (Å²) < 4.78 is 1.56. The summed E-state index contributed by atoms with van der Waals surface area (Å²) in [5.74, 6) is -0.0513. The molecule has 0 saturated carbocycles. The van der Waals surface area contributed by atoms with E-state index in [0.717, 1.165) is 32.4 Å². The number of fused-ring (bicyclic) bond motifs is 1. The maximum absolute atomic E-state index is 12.8. The molecule has 1 amide bonds. The second-order valence-electron chi connectivity index (χ2n) is 6.34. The number of hydrogen-bond donors (Lipinski definition) is 1. The van der Waals surface area contributed by atoms with Gasteiger partial charge in [-0.3, -0.25) is 19.3 Å². The summed E-state index contributed by atoms with van der Waals surface area (Å²) in [7, 11) is 0. The van der Waals surface area contributed by atoms with E-state index in [0.29, 0.717) is 27.4 Å². The van der Waals surface area contributed by atoms with Gasteiger partial charge in [-0.05, 0) is 25.3 Å². The molecule has 4 rings (SSSR count). The van der Waals surface area contributed by atoms with Crippen LogP contribution in [-0.2, 0) is 11.2 Å². The van der Waals surface area contributed by atoms with E-state index in [9.17, 15) is 9.90 Å². The molecule has 0 bridgehead atoms. The number of amides is 1. The lowest BCUT2D eigenvalue weighted by atomic mass is 10.1. The highest BCUT2D eigenvalue weighted by atomic mass is 35.5. The van der Waals surface area contributed by atoms with Gasteiger partial charge in [-0.25, -0.2) is 4.98 Å². The van der Waals surface area contributed by atoms with Crippen molar-refractivity contribution in [2.75, 3.05) is 13.1 Å². The van der Waals surface area contributed by atoms with Crippen molar-refractivity contribution in [3.05, 3.63) is 41.6 Å². The molecule has 0 spiro atoms. The minimum absolute atomic E-state index is 0.0194. The Hall–Kier alpha value is -2.67. The predicted molar refractivity (Wildman–Crippen MR) is 97.5 cm³/mol. The molecule has 4 heterocycles. The molecule has 26 heavy (non-hydrogen) atoms. The fourth-order valence-electron chi connectivity index (χ4n) is 3.41. The zero-order valence-corrected chi connectivity index (χ0v) is 14.9. The van der Waals surface area contributed by atoms with Gasteiger partial charge in [0.15, 0.2) is 5.52 Å². The fraction of sp³-hybridized carbons (Fsp3) is 0.333. The molecule has 1 aliphatic rings. The average Bonchev–Trinajstić information content (AvgIpc) is 2.95. The first-order chi connectivity index (χ1) is 12.6. The van der Waals surface area contributed by atoms with Crippen molar-refractivity contribution in [1.29, 1.82) is 0 Å². The quantitative estimate of drug-likeness (QED) is 0.765. The van der Waals surface area contributed by atoms with E-state index in [2.05, 4.69) is 15.0 Å². The summed E-state index contributed by atoms with van der Waals surface area (Å²) in [6.07, 6.45) is 9.50. The third-order valence-electron chi connectivity index (χ3n) is 4.64. The first-order valence-electron chi connectivity index (χ1n) is 8.57. The number of aromatic nitrogens is 4. The number of rotatable bonds is 3. The fourth-order valence-corrected chi connectivity index (χ4v) is 3.58. The van der Waals surface area contributed by atoms with E-state index >= 15 is 0 Å². The van der Waals surface area contributed by atoms with Gasteiger partial charge >= 0.3 is 0 Å². The summed E-state index contributed by atoms with van der Waals surface area (Å²) in [5, 5.41) is 11.1. The first kappa shape index (κ1) is 16.8. The Balaban J connectivity index is 1.81. The number of hydrogen-bond acceptors (Lipinski definition) is 5. The first-order valence-corrected chi connectivity index (χ1v) is 8.95. The molecule has 3 aromatic rings. The van der Waals surface area contributed by atoms with E-state index in [1.54, 1.807) is 23.0 Å². The van der Waals surface area contributed by atoms with Gasteiger partial charge in [-0.2, -0.15) is 0 Å². The predicted octanol–water partition coefficient (Wildman–Crippen LogP) is 2.73. The zero-order chi connectivity index (χ0) is 18.1. The zero-order valence-electron chi connectivity index (χ0n) is 14.1. The van der Waals surface area contributed by atoms with Crippen LogP contribution in [0, 0.1) is 0 Å². The van der Waals surface area contributed by atoms with Crippen LogP contribution in [0.5, 0.6) is 5.88 Å². The third kappa shape index (κ3) is 2.99. The number of halogens is 1. The van der Waals surface area contributed by atoms with Crippen LogP contribution in [0.4, 0.5) is 0 Å². The number of pyridine rings is 1. The van der Waals surface area contributed by atoms with E-state index in [-0.39, 0.29) is 18.2 Å². The molecule has 1 fully saturated rings. The Morgan fingerprint density at radius 2 is 1.85 bits per heavy atom. The van der Waals surface area contributed by atoms with Gasteiger partial charge < -0.3 is 10.0 Å². The van der Waals surface area contributed by atoms with Gasteiger partial charge in [0.2, 0.25) is 11.8 Å². The van der Waals surface area contributed by atoms with Crippen LogP contribution in [0.15, 0.2) is 30.9 Å². The van der Waals surface area contributed by atoms with Crippen molar-refractivity contribution >= 4 is 28.5 Å². The smallest absolute Gasteiger partial charge is 0.228 e. The Morgan fingerprint density at radius 1 is 1.12 bits per heavy atom. The Bertz CT molecular complexity index is 965. The number of nitrogens with zero attached hydrogens (tertiary/aromatic N) is 5. The lowest BCUT2D eigenvalue weighted by Gasteiger charge is -2.27. The van der Waals surface area contributed by atoms with Crippen LogP contribution in [0.2, 0.25) is 5.02 Å². The second kappa shape index (κ2) is 6.92. The van der Waals surface area contributed by atoms with Crippen LogP contribution in [0.3, 0.4) is 0 Å². The van der Waals surface area contributed by atoms with Gasteiger partial charge in [0.1, 0.15) is 5.52 Å². The molecule has 1 aliphatic heterocycles. The topological polar surface area (TPSA) is 84.1 Å². The average molecular weight is 372 g/mol. The molecular weight excluding hydrogens is 354 g/mol. The molecule has 3 aromatic heterocycles. The number of likely N-dealkylation sites (tertiary alicyclic amines) is 1. The van der Waals surface area contributed by atoms with Crippen LogP contribution in [0.1, 0.15) is 25.0 Å². The standard InChI is InChI=1S/C18H18ClN5O2/c19-12-8-13(11-20-10-12)24-14(9-15(25)23-6-2-1-3-7-23)16-17(18(24)26)22-5-4-21-16/h4-5,8,10-11,26H,1-3,6-7,9H2. The highest BCUT2D eigenvalue weighted by molar-refractivity contribution is 6.30. The van der Waals surface area contributed by atoms with Gasteiger partial charge in [-0.1, -0.05) is 11.6 Å². The minimum atomic E-state index is -0.0707. The van der Waals surface area contributed by atoms with E-state index < -0.39 is 0 Å². The highest BCUT2D eigenvalue weighted by Gasteiger charge is 2.25. The molecule has 0 aliphatic carbocycles. The molecule has 7 nitrogen and oxygen atoms in total. The number of carbonyl (C=O) groups is 1. The molecular formula is C18H18ClN5O2. The lowest BCUT2D eigenvalue weighted by molar-refractivity contribution is -0.131. The molecule has 0 aromatic carbocycles. The number of carbonyl (C=O) groups excluding carboxylic acids is 1. The van der Waals surface area contributed by atoms with E-state index in [4.69, 9.17) is 11.6 Å². The van der Waals surface area contributed by atoms with Crippen molar-refractivity contribution in [1.82, 2.24) is 24.4 Å². The molecule has 1 N–H and O–H groups in total. The van der Waals surface area contributed by atoms with Gasteiger partial charge in [0.05, 0.1) is 29.0 Å². The number of aromatic hydroxyl groups is 1. The second-order valence-corrected chi connectivity index (χ2v) is 6.78. The molecule has 134 valence electrons. The maximum Gasteiger partial charge on any atom is 0.228 e. The third-order valence-corrected chi connectivity index (χ3v) is 4.85. The molecule has 0 atom stereocenters. The SMILES string of the molecule is O=C(Cc1c2nccnc2c(O)n1-c1cncc(Cl)c1)N1CCCCC1. The molecule has 0 radical (unpaired) electrons. The molecule has 0 unspecified atom stereocenters. The van der Waals surface area contributed by atoms with Gasteiger partial charge in [0, 0.05) is 31.7 Å². The van der Waals surface area contributed by atoms with E-state index in [1.165, 1.54) is 12.4 Å². The van der Waals surface area contributed by atoms with Crippen LogP contribution in [-0.4, -0.2) is 48.5 Å². The summed E-state index contributed by atoms with van der Waals surface area (Å²) in [5.41, 5.74) is 2.02. The maximum atomic E-state index is 12.8. The van der Waals surface area contributed by atoms with Crippen molar-refractivity contribution in [3.8, 4) is 11.6 Å². The normalized spacial score (nSPS) is 14.7. The minimum Gasteiger partial charge on any atom is -0.493 e. The summed E-state index contributed by atoms with van der Waals surface area (Å²) in [4.78, 5) is 27.3. The summed E-state index contributed by atoms with van der Waals surface area (Å²) >= 11 is 6.06. The van der Waals surface area contributed by atoms with Crippen LogP contribution >= 0.6 is 11.6 Å². The van der Waals surface area contributed by atoms with Crippen molar-refractivity contribution < 1.29 is 9.90 Å². The summed E-state index contributed by atoms with van der Waals surface area (Å²) in [6, 6.07) is 1.68. The van der Waals surface area contributed by atoms with Crippen LogP contribution < -0.4 is 0 Å².